The fourth-order valence-corrected chi connectivity index (χ4v) is 6.13. The summed E-state index contributed by atoms with van der Waals surface area (Å²) in [5.41, 5.74) is 0. The van der Waals surface area contributed by atoms with Gasteiger partial charge in [-0.25, -0.2) is 4.57 Å². The molecular formula is C44H77O10P. The lowest BCUT2D eigenvalue weighted by Gasteiger charge is -2.20. The van der Waals surface area contributed by atoms with Crippen LogP contribution in [0.4, 0.5) is 0 Å². The van der Waals surface area contributed by atoms with Crippen molar-refractivity contribution < 1.29 is 47.8 Å². The number of carbonyl (C=O) groups is 2. The summed E-state index contributed by atoms with van der Waals surface area (Å²) in [6.45, 7) is 2.27. The Morgan fingerprint density at radius 3 is 1.56 bits per heavy atom. The molecule has 10 nitrogen and oxygen atoms in total. The third-order valence-corrected chi connectivity index (χ3v) is 9.62. The van der Waals surface area contributed by atoms with Crippen LogP contribution in [0.3, 0.4) is 0 Å². The molecule has 11 heteroatoms. The predicted octanol–water partition coefficient (Wildman–Crippen LogP) is 11.1. The van der Waals surface area contributed by atoms with Crippen molar-refractivity contribution in [3.63, 3.8) is 0 Å². The standard InChI is InChI=1S/C44H77O10P/c1-3-5-7-9-11-13-15-17-19-20-22-24-26-28-30-32-34-36-44(48)54-42(40-53-55(49,50)52-38-41(46)37-45)39-51-43(47)35-33-31-29-27-25-23-21-18-16-14-12-10-8-6-4-2/h11,13-14,16-19,21-22,24,41-42,45-46H,3-10,12,15,20,23,25-40H2,1-2H3,(H,49,50)/b13-11+,16-14+,19-17+,21-18+,24-22+/t41-,42+/m0/s1. The Bertz CT molecular complexity index is 1100. The minimum absolute atomic E-state index is 0.153. The first kappa shape index (κ1) is 52.7. The number of aliphatic hydroxyl groups excluding tert-OH is 2. The Balaban J connectivity index is 4.40. The number of allylic oxidation sites excluding steroid dienone is 10. The molecule has 55 heavy (non-hydrogen) atoms. The lowest BCUT2D eigenvalue weighted by Crippen LogP contribution is -2.29. The summed E-state index contributed by atoms with van der Waals surface area (Å²) in [4.78, 5) is 35.0. The Kier molecular flexibility index (Phi) is 38.2. The second kappa shape index (κ2) is 39.9. The van der Waals surface area contributed by atoms with E-state index in [0.717, 1.165) is 83.5 Å². The molecule has 0 aromatic heterocycles. The van der Waals surface area contributed by atoms with Gasteiger partial charge in [0.25, 0.3) is 0 Å². The van der Waals surface area contributed by atoms with Crippen molar-refractivity contribution in [3.8, 4) is 0 Å². The summed E-state index contributed by atoms with van der Waals surface area (Å²) >= 11 is 0. The van der Waals surface area contributed by atoms with Crippen molar-refractivity contribution in [1.82, 2.24) is 0 Å². The fraction of sp³-hybridized carbons (Fsp3) is 0.727. The highest BCUT2D eigenvalue weighted by Crippen LogP contribution is 2.43. The number of rotatable bonds is 39. The second-order valence-electron chi connectivity index (χ2n) is 14.0. The van der Waals surface area contributed by atoms with Gasteiger partial charge >= 0.3 is 19.8 Å². The summed E-state index contributed by atoms with van der Waals surface area (Å²) in [5, 5.41) is 18.3. The Morgan fingerprint density at radius 1 is 0.564 bits per heavy atom. The molecule has 1 unspecified atom stereocenters. The van der Waals surface area contributed by atoms with Gasteiger partial charge in [0.2, 0.25) is 0 Å². The molecule has 0 spiro atoms. The maximum atomic E-state index is 12.6. The summed E-state index contributed by atoms with van der Waals surface area (Å²) in [6.07, 6.45) is 43.2. The molecule has 3 N–H and O–H groups in total. The second-order valence-corrected chi connectivity index (χ2v) is 15.5. The van der Waals surface area contributed by atoms with Crippen molar-refractivity contribution >= 4 is 19.8 Å². The molecule has 0 fully saturated rings. The smallest absolute Gasteiger partial charge is 0.462 e. The van der Waals surface area contributed by atoms with Gasteiger partial charge in [-0.1, -0.05) is 139 Å². The average molecular weight is 797 g/mol. The third kappa shape index (κ3) is 39.7. The van der Waals surface area contributed by atoms with Gasteiger partial charge in [0, 0.05) is 12.8 Å². The number of esters is 2. The largest absolute Gasteiger partial charge is 0.472 e. The lowest BCUT2D eigenvalue weighted by molar-refractivity contribution is -0.161. The van der Waals surface area contributed by atoms with Gasteiger partial charge in [-0.2, -0.15) is 0 Å². The zero-order valence-electron chi connectivity index (χ0n) is 34.4. The molecule has 0 rings (SSSR count). The third-order valence-electron chi connectivity index (χ3n) is 8.67. The number of ether oxygens (including phenoxy) is 2. The van der Waals surface area contributed by atoms with E-state index in [1.165, 1.54) is 44.9 Å². The van der Waals surface area contributed by atoms with Crippen molar-refractivity contribution in [2.24, 2.45) is 0 Å². The molecule has 0 bridgehead atoms. The highest BCUT2D eigenvalue weighted by Gasteiger charge is 2.27. The van der Waals surface area contributed by atoms with Gasteiger partial charge in [-0.05, 0) is 77.0 Å². The molecule has 0 aromatic carbocycles. The SMILES string of the molecule is CCCCC/C=C/C/C=C/C/C=C/CCCCCCC(=O)O[C@H](COC(=O)CCCCCCC/C=C/C=C/CCCCCC)COP(=O)(O)OC[C@@H](O)CO. The summed E-state index contributed by atoms with van der Waals surface area (Å²) in [6, 6.07) is 0. The molecule has 318 valence electrons. The maximum absolute atomic E-state index is 12.6. The Morgan fingerprint density at radius 2 is 1.00 bits per heavy atom. The Hall–Kier alpha value is -2.33. The molecule has 0 radical (unpaired) electrons. The van der Waals surface area contributed by atoms with Crippen LogP contribution in [0, 0.1) is 0 Å². The molecule has 0 heterocycles. The minimum atomic E-state index is -4.63. The van der Waals surface area contributed by atoms with E-state index in [0.29, 0.717) is 12.8 Å². The number of hydrogen-bond donors (Lipinski definition) is 3. The van der Waals surface area contributed by atoms with E-state index in [4.69, 9.17) is 19.1 Å². The number of carbonyl (C=O) groups excluding carboxylic acids is 2. The number of hydrogen-bond acceptors (Lipinski definition) is 9. The van der Waals surface area contributed by atoms with Gasteiger partial charge in [-0.15, -0.1) is 0 Å². The number of phosphoric ester groups is 1. The number of phosphoric acid groups is 1. The summed E-state index contributed by atoms with van der Waals surface area (Å²) in [7, 11) is -4.63. The average Bonchev–Trinajstić information content (AvgIpc) is 3.17. The molecular weight excluding hydrogens is 719 g/mol. The summed E-state index contributed by atoms with van der Waals surface area (Å²) < 4.78 is 32.7. The molecule has 3 atom stereocenters. The van der Waals surface area contributed by atoms with Crippen LogP contribution in [0.1, 0.15) is 168 Å². The van der Waals surface area contributed by atoms with E-state index >= 15 is 0 Å². The monoisotopic (exact) mass is 797 g/mol. The van der Waals surface area contributed by atoms with Crippen LogP contribution in [0.25, 0.3) is 0 Å². The first-order valence-corrected chi connectivity index (χ1v) is 22.8. The molecule has 0 saturated heterocycles. The van der Waals surface area contributed by atoms with Crippen molar-refractivity contribution in [2.75, 3.05) is 26.4 Å². The van der Waals surface area contributed by atoms with Crippen molar-refractivity contribution in [1.29, 1.82) is 0 Å². The van der Waals surface area contributed by atoms with E-state index < -0.39 is 51.8 Å². The van der Waals surface area contributed by atoms with Gasteiger partial charge < -0.3 is 24.6 Å². The first-order valence-electron chi connectivity index (χ1n) is 21.3. The zero-order chi connectivity index (χ0) is 40.5. The predicted molar refractivity (Wildman–Crippen MR) is 224 cm³/mol. The topological polar surface area (TPSA) is 149 Å². The van der Waals surface area contributed by atoms with Crippen LogP contribution in [-0.4, -0.2) is 65.7 Å². The van der Waals surface area contributed by atoms with E-state index in [9.17, 15) is 24.2 Å². The van der Waals surface area contributed by atoms with Gasteiger partial charge in [0.15, 0.2) is 6.10 Å². The fourth-order valence-electron chi connectivity index (χ4n) is 5.34. The van der Waals surface area contributed by atoms with Crippen LogP contribution in [0.5, 0.6) is 0 Å². The van der Waals surface area contributed by atoms with Crippen molar-refractivity contribution in [2.45, 2.75) is 180 Å². The minimum Gasteiger partial charge on any atom is -0.462 e. The van der Waals surface area contributed by atoms with E-state index in [2.05, 4.69) is 79.1 Å². The highest BCUT2D eigenvalue weighted by atomic mass is 31.2. The van der Waals surface area contributed by atoms with Crippen molar-refractivity contribution in [3.05, 3.63) is 60.8 Å². The first-order chi connectivity index (χ1) is 26.7. The summed E-state index contributed by atoms with van der Waals surface area (Å²) in [5.74, 6) is -0.972. The highest BCUT2D eigenvalue weighted by molar-refractivity contribution is 7.47. The van der Waals surface area contributed by atoms with Crippen LogP contribution >= 0.6 is 7.82 Å². The quantitative estimate of drug-likeness (QED) is 0.0180. The van der Waals surface area contributed by atoms with E-state index in [1.807, 2.05) is 0 Å². The molecule has 0 aliphatic carbocycles. The number of unbranched alkanes of at least 4 members (excludes halogenated alkanes) is 16. The van der Waals surface area contributed by atoms with Crippen LogP contribution < -0.4 is 0 Å². The van der Waals surface area contributed by atoms with Crippen LogP contribution in [0.2, 0.25) is 0 Å². The van der Waals surface area contributed by atoms with Gasteiger partial charge in [0.05, 0.1) is 19.8 Å². The molecule has 0 amide bonds. The van der Waals surface area contributed by atoms with E-state index in [1.54, 1.807) is 0 Å². The van der Waals surface area contributed by atoms with Gasteiger partial charge in [-0.3, -0.25) is 18.6 Å². The van der Waals surface area contributed by atoms with E-state index in [-0.39, 0.29) is 19.4 Å². The van der Waals surface area contributed by atoms with Crippen LogP contribution in [0.15, 0.2) is 60.8 Å². The lowest BCUT2D eigenvalue weighted by atomic mass is 10.1. The normalized spacial score (nSPS) is 14.5. The molecule has 0 aliphatic rings. The van der Waals surface area contributed by atoms with Gasteiger partial charge in [0.1, 0.15) is 12.7 Å². The molecule has 0 aromatic rings. The zero-order valence-corrected chi connectivity index (χ0v) is 35.3. The number of aliphatic hydroxyl groups is 2. The Labute approximate surface area is 334 Å². The van der Waals surface area contributed by atoms with Crippen LogP contribution in [-0.2, 0) is 32.7 Å². The molecule has 0 saturated carbocycles. The maximum Gasteiger partial charge on any atom is 0.472 e. The molecule has 0 aliphatic heterocycles.